The number of aromatic nitrogens is 1. The van der Waals surface area contributed by atoms with Crippen LogP contribution in [0, 0.1) is 6.92 Å². The molecule has 0 aromatic carbocycles. The number of nitrogens with zero attached hydrogens (tertiary/aromatic N) is 1. The van der Waals surface area contributed by atoms with Gasteiger partial charge in [-0.2, -0.15) is 0 Å². The average molecular weight is 352 g/mol. The molecule has 22 heavy (non-hydrogen) atoms. The molecule has 1 aromatic heterocycles. The second kappa shape index (κ2) is 9.73. The highest BCUT2D eigenvalue weighted by Gasteiger charge is 2.22. The molecule has 0 saturated heterocycles. The Kier molecular flexibility index (Phi) is 9.19. The maximum atomic E-state index is 11.8. The summed E-state index contributed by atoms with van der Waals surface area (Å²) >= 11 is 1.21. The molecule has 0 saturated carbocycles. The number of hydrogen-bond donors (Lipinski definition) is 2. The van der Waals surface area contributed by atoms with Crippen molar-refractivity contribution in [3.63, 3.8) is 0 Å². The highest BCUT2D eigenvalue weighted by Crippen LogP contribution is 2.24. The van der Waals surface area contributed by atoms with Crippen molar-refractivity contribution in [2.24, 2.45) is 5.73 Å². The molecule has 0 aliphatic carbocycles. The molecule has 1 amide bonds. The van der Waals surface area contributed by atoms with Gasteiger partial charge in [0.1, 0.15) is 15.9 Å². The van der Waals surface area contributed by atoms with Gasteiger partial charge in [-0.25, -0.2) is 9.78 Å². The molecule has 0 aliphatic heterocycles. The Balaban J connectivity index is 0.00000441. The lowest BCUT2D eigenvalue weighted by Gasteiger charge is -2.15. The highest BCUT2D eigenvalue weighted by molar-refractivity contribution is 7.13. The fourth-order valence-electron chi connectivity index (χ4n) is 1.63. The standard InChI is InChI=1S/C13H21N3O4S.ClH/c1-5-20-13(18)10-7(2)16-12(21-10)8(3)15-11(17)9(14)6-19-4;/h8-9H,5-6,14H2,1-4H3,(H,15,17);1H. The van der Waals surface area contributed by atoms with Crippen molar-refractivity contribution in [3.05, 3.63) is 15.6 Å². The van der Waals surface area contributed by atoms with Crippen LogP contribution in [0.2, 0.25) is 0 Å². The minimum absolute atomic E-state index is 0. The van der Waals surface area contributed by atoms with Gasteiger partial charge in [-0.05, 0) is 20.8 Å². The number of hydrogen-bond acceptors (Lipinski definition) is 7. The average Bonchev–Trinajstić information content (AvgIpc) is 2.81. The maximum Gasteiger partial charge on any atom is 0.350 e. The van der Waals surface area contributed by atoms with Crippen LogP contribution in [0.3, 0.4) is 0 Å². The fraction of sp³-hybridized carbons (Fsp3) is 0.615. The maximum absolute atomic E-state index is 11.8. The summed E-state index contributed by atoms with van der Waals surface area (Å²) in [5, 5.41) is 3.38. The molecule has 1 aromatic rings. The number of nitrogens with one attached hydrogen (secondary N) is 1. The van der Waals surface area contributed by atoms with E-state index in [0.717, 1.165) is 0 Å². The monoisotopic (exact) mass is 351 g/mol. The van der Waals surface area contributed by atoms with Crippen molar-refractivity contribution >= 4 is 35.6 Å². The van der Waals surface area contributed by atoms with Crippen LogP contribution in [0.25, 0.3) is 0 Å². The van der Waals surface area contributed by atoms with Crippen LogP contribution in [0.5, 0.6) is 0 Å². The van der Waals surface area contributed by atoms with Gasteiger partial charge in [-0.3, -0.25) is 4.79 Å². The summed E-state index contributed by atoms with van der Waals surface area (Å²) in [4.78, 5) is 28.3. The second-order valence-electron chi connectivity index (χ2n) is 4.48. The number of carbonyl (C=O) groups is 2. The first-order valence-corrected chi connectivity index (χ1v) is 7.41. The van der Waals surface area contributed by atoms with Crippen molar-refractivity contribution in [2.45, 2.75) is 32.9 Å². The summed E-state index contributed by atoms with van der Waals surface area (Å²) < 4.78 is 9.79. The van der Waals surface area contributed by atoms with Gasteiger partial charge in [-0.1, -0.05) is 0 Å². The SMILES string of the molecule is CCOC(=O)c1sc(C(C)NC(=O)C(N)COC)nc1C.Cl. The predicted molar refractivity (Wildman–Crippen MR) is 86.5 cm³/mol. The molecule has 126 valence electrons. The molecule has 0 aliphatic rings. The van der Waals surface area contributed by atoms with Crippen molar-refractivity contribution in [1.29, 1.82) is 0 Å². The lowest BCUT2D eigenvalue weighted by atomic mass is 10.2. The highest BCUT2D eigenvalue weighted by atomic mass is 35.5. The minimum Gasteiger partial charge on any atom is -0.462 e. The summed E-state index contributed by atoms with van der Waals surface area (Å²) in [5.41, 5.74) is 6.24. The van der Waals surface area contributed by atoms with Crippen LogP contribution >= 0.6 is 23.7 Å². The number of methoxy groups -OCH3 is 1. The minimum atomic E-state index is -0.733. The molecule has 2 atom stereocenters. The first-order valence-electron chi connectivity index (χ1n) is 6.60. The van der Waals surface area contributed by atoms with Crippen LogP contribution in [-0.4, -0.2) is 43.2 Å². The molecule has 9 heteroatoms. The molecule has 0 bridgehead atoms. The fourth-order valence-corrected chi connectivity index (χ4v) is 2.59. The van der Waals surface area contributed by atoms with E-state index in [9.17, 15) is 9.59 Å². The topological polar surface area (TPSA) is 104 Å². The molecule has 0 radical (unpaired) electrons. The zero-order valence-corrected chi connectivity index (χ0v) is 14.7. The Morgan fingerprint density at radius 2 is 2.09 bits per heavy atom. The largest absolute Gasteiger partial charge is 0.462 e. The number of nitrogens with two attached hydrogens (primary N) is 1. The summed E-state index contributed by atoms with van der Waals surface area (Å²) in [7, 11) is 1.48. The van der Waals surface area contributed by atoms with E-state index in [0.29, 0.717) is 22.2 Å². The summed E-state index contributed by atoms with van der Waals surface area (Å²) in [5.74, 6) is -0.719. The van der Waals surface area contributed by atoms with Gasteiger partial charge >= 0.3 is 5.97 Å². The van der Waals surface area contributed by atoms with Crippen LogP contribution < -0.4 is 11.1 Å². The lowest BCUT2D eigenvalue weighted by molar-refractivity contribution is -0.124. The Morgan fingerprint density at radius 1 is 1.45 bits per heavy atom. The van der Waals surface area contributed by atoms with Crippen molar-refractivity contribution in [2.75, 3.05) is 20.3 Å². The predicted octanol–water partition coefficient (Wildman–Crippen LogP) is 1.20. The third kappa shape index (κ3) is 5.53. The number of halogens is 1. The number of esters is 1. The van der Waals surface area contributed by atoms with Gasteiger partial charge in [-0.15, -0.1) is 23.7 Å². The van der Waals surface area contributed by atoms with Gasteiger partial charge in [0.2, 0.25) is 5.91 Å². The third-order valence-electron chi connectivity index (χ3n) is 2.69. The third-order valence-corrected chi connectivity index (χ3v) is 4.01. The molecule has 1 rings (SSSR count). The van der Waals surface area contributed by atoms with E-state index in [-0.39, 0.29) is 31.0 Å². The summed E-state index contributed by atoms with van der Waals surface area (Å²) in [6.07, 6.45) is 0. The van der Waals surface area contributed by atoms with Crippen LogP contribution in [0.1, 0.15) is 40.3 Å². The first kappa shape index (κ1) is 20.8. The zero-order chi connectivity index (χ0) is 16.0. The Labute approximate surface area is 140 Å². The van der Waals surface area contributed by atoms with Crippen LogP contribution in [-0.2, 0) is 14.3 Å². The van der Waals surface area contributed by atoms with E-state index in [1.54, 1.807) is 20.8 Å². The molecular weight excluding hydrogens is 330 g/mol. The number of aryl methyl sites for hydroxylation is 1. The number of ether oxygens (including phenoxy) is 2. The van der Waals surface area contributed by atoms with E-state index in [1.807, 2.05) is 0 Å². The molecule has 1 heterocycles. The number of rotatable bonds is 7. The second-order valence-corrected chi connectivity index (χ2v) is 5.51. The van der Waals surface area contributed by atoms with E-state index >= 15 is 0 Å². The smallest absolute Gasteiger partial charge is 0.350 e. The molecule has 3 N–H and O–H groups in total. The molecule has 0 fully saturated rings. The lowest BCUT2D eigenvalue weighted by Crippen LogP contribution is -2.44. The van der Waals surface area contributed by atoms with Crippen LogP contribution in [0.15, 0.2) is 0 Å². The Bertz CT molecular complexity index is 509. The van der Waals surface area contributed by atoms with Crippen LogP contribution in [0.4, 0.5) is 0 Å². The van der Waals surface area contributed by atoms with E-state index in [2.05, 4.69) is 10.3 Å². The van der Waals surface area contributed by atoms with Gasteiger partial charge < -0.3 is 20.5 Å². The zero-order valence-electron chi connectivity index (χ0n) is 13.0. The molecular formula is C13H22ClN3O4S. The van der Waals surface area contributed by atoms with E-state index < -0.39 is 12.0 Å². The quantitative estimate of drug-likeness (QED) is 0.715. The number of amides is 1. The van der Waals surface area contributed by atoms with Gasteiger partial charge in [0, 0.05) is 7.11 Å². The Hall–Kier alpha value is -1.22. The van der Waals surface area contributed by atoms with Crippen molar-refractivity contribution < 1.29 is 19.1 Å². The van der Waals surface area contributed by atoms with Crippen molar-refractivity contribution in [1.82, 2.24) is 10.3 Å². The Morgan fingerprint density at radius 3 is 2.64 bits per heavy atom. The number of carbonyl (C=O) groups excluding carboxylic acids is 2. The van der Waals surface area contributed by atoms with Gasteiger partial charge in [0.25, 0.3) is 0 Å². The van der Waals surface area contributed by atoms with Crippen molar-refractivity contribution in [3.8, 4) is 0 Å². The van der Waals surface area contributed by atoms with Gasteiger partial charge in [0.15, 0.2) is 0 Å². The normalized spacial score (nSPS) is 13.0. The van der Waals surface area contributed by atoms with E-state index in [1.165, 1.54) is 18.4 Å². The molecule has 7 nitrogen and oxygen atoms in total. The summed E-state index contributed by atoms with van der Waals surface area (Å²) in [6, 6.07) is -1.07. The first-order chi connectivity index (χ1) is 9.90. The number of thiazole rings is 1. The van der Waals surface area contributed by atoms with E-state index in [4.69, 9.17) is 15.2 Å². The molecule has 2 unspecified atom stereocenters. The van der Waals surface area contributed by atoms with Gasteiger partial charge in [0.05, 0.1) is 24.9 Å². The molecule has 0 spiro atoms. The summed E-state index contributed by atoms with van der Waals surface area (Å²) in [6.45, 7) is 5.71.